The van der Waals surface area contributed by atoms with E-state index in [1.165, 1.54) is 12.8 Å². The zero-order valence-corrected chi connectivity index (χ0v) is 8.57. The van der Waals surface area contributed by atoms with Gasteiger partial charge in [0.15, 0.2) is 0 Å². The molecule has 1 aromatic heterocycles. The molecule has 0 aliphatic carbocycles. The molecule has 0 aromatic carbocycles. The summed E-state index contributed by atoms with van der Waals surface area (Å²) >= 11 is 0. The Morgan fingerprint density at radius 3 is 3.29 bits per heavy atom. The molecule has 14 heavy (non-hydrogen) atoms. The van der Waals surface area contributed by atoms with E-state index in [4.69, 9.17) is 4.74 Å². The van der Waals surface area contributed by atoms with Gasteiger partial charge in [-0.3, -0.25) is 0 Å². The summed E-state index contributed by atoms with van der Waals surface area (Å²) in [5.41, 5.74) is 0. The Morgan fingerprint density at radius 1 is 1.71 bits per heavy atom. The molecule has 0 amide bonds. The number of aryl methyl sites for hydroxylation is 1. The van der Waals surface area contributed by atoms with Crippen LogP contribution in [0.25, 0.3) is 0 Å². The van der Waals surface area contributed by atoms with Crippen LogP contribution in [0.4, 0.5) is 0 Å². The van der Waals surface area contributed by atoms with Crippen LogP contribution in [0.2, 0.25) is 0 Å². The molecule has 1 unspecified atom stereocenters. The van der Waals surface area contributed by atoms with E-state index in [0.29, 0.717) is 12.6 Å². The molecule has 1 aliphatic rings. The maximum atomic E-state index is 5.60. The molecular weight excluding hydrogens is 178 g/mol. The summed E-state index contributed by atoms with van der Waals surface area (Å²) in [4.78, 5) is 4.20. The molecule has 2 rings (SSSR count). The number of ether oxygens (including phenoxy) is 1. The van der Waals surface area contributed by atoms with E-state index in [1.54, 1.807) is 6.20 Å². The van der Waals surface area contributed by atoms with Crippen molar-refractivity contribution in [2.24, 2.45) is 7.05 Å². The van der Waals surface area contributed by atoms with Crippen molar-refractivity contribution in [1.29, 1.82) is 0 Å². The van der Waals surface area contributed by atoms with Crippen molar-refractivity contribution in [1.82, 2.24) is 14.9 Å². The maximum Gasteiger partial charge on any atom is 0.134 e. The van der Waals surface area contributed by atoms with E-state index in [9.17, 15) is 0 Å². The minimum atomic E-state index is 0.551. The summed E-state index contributed by atoms with van der Waals surface area (Å²) in [5, 5.41) is 3.40. The Hall–Kier alpha value is -0.870. The first kappa shape index (κ1) is 9.68. The van der Waals surface area contributed by atoms with E-state index in [1.807, 2.05) is 17.8 Å². The van der Waals surface area contributed by atoms with Gasteiger partial charge in [-0.25, -0.2) is 4.98 Å². The lowest BCUT2D eigenvalue weighted by Crippen LogP contribution is -2.26. The van der Waals surface area contributed by atoms with Crippen molar-refractivity contribution in [2.75, 3.05) is 13.2 Å². The highest BCUT2D eigenvalue weighted by Gasteiger charge is 2.13. The smallest absolute Gasteiger partial charge is 0.134 e. The third-order valence-corrected chi connectivity index (χ3v) is 2.63. The van der Waals surface area contributed by atoms with Gasteiger partial charge in [-0.2, -0.15) is 0 Å². The molecule has 4 nitrogen and oxygen atoms in total. The highest BCUT2D eigenvalue weighted by atomic mass is 16.5. The minimum absolute atomic E-state index is 0.551. The maximum absolute atomic E-state index is 5.60. The molecule has 1 aliphatic heterocycles. The van der Waals surface area contributed by atoms with E-state index in [2.05, 4.69) is 10.3 Å². The number of hydrogen-bond acceptors (Lipinski definition) is 3. The van der Waals surface area contributed by atoms with Crippen molar-refractivity contribution < 1.29 is 4.74 Å². The fourth-order valence-corrected chi connectivity index (χ4v) is 1.73. The Kier molecular flexibility index (Phi) is 3.16. The number of hydrogen-bond donors (Lipinski definition) is 1. The van der Waals surface area contributed by atoms with Crippen LogP contribution in [0.15, 0.2) is 12.4 Å². The van der Waals surface area contributed by atoms with Gasteiger partial charge in [0.25, 0.3) is 0 Å². The number of rotatable bonds is 4. The third kappa shape index (κ3) is 2.33. The second kappa shape index (κ2) is 4.57. The fourth-order valence-electron chi connectivity index (χ4n) is 1.73. The van der Waals surface area contributed by atoms with E-state index < -0.39 is 0 Å². The lowest BCUT2D eigenvalue weighted by molar-refractivity contribution is 0.0969. The molecule has 1 atom stereocenters. The van der Waals surface area contributed by atoms with Crippen molar-refractivity contribution in [2.45, 2.75) is 25.5 Å². The van der Waals surface area contributed by atoms with Crippen LogP contribution >= 0.6 is 0 Å². The molecule has 2 heterocycles. The molecule has 0 radical (unpaired) electrons. The summed E-state index contributed by atoms with van der Waals surface area (Å²) in [6.45, 7) is 2.55. The molecule has 4 heteroatoms. The van der Waals surface area contributed by atoms with Gasteiger partial charge >= 0.3 is 0 Å². The third-order valence-electron chi connectivity index (χ3n) is 2.63. The lowest BCUT2D eigenvalue weighted by Gasteiger charge is -2.10. The molecule has 1 fully saturated rings. The largest absolute Gasteiger partial charge is 0.372 e. The quantitative estimate of drug-likeness (QED) is 0.768. The van der Waals surface area contributed by atoms with Crippen LogP contribution in [0.5, 0.6) is 0 Å². The number of nitrogens with one attached hydrogen (secondary N) is 1. The second-order valence-corrected chi connectivity index (χ2v) is 3.76. The van der Waals surface area contributed by atoms with Crippen LogP contribution in [0.1, 0.15) is 18.7 Å². The first-order chi connectivity index (χ1) is 6.86. The summed E-state index contributed by atoms with van der Waals surface area (Å²) in [5.74, 6) is 0.989. The SMILES string of the molecule is Cn1ccnc1COCC1CCCN1. The zero-order chi connectivity index (χ0) is 9.80. The van der Waals surface area contributed by atoms with Crippen molar-refractivity contribution in [3.63, 3.8) is 0 Å². The van der Waals surface area contributed by atoms with Gasteiger partial charge in [0.05, 0.1) is 6.61 Å². The standard InChI is InChI=1S/C10H17N3O/c1-13-6-5-12-10(13)8-14-7-9-3-2-4-11-9/h5-6,9,11H,2-4,7-8H2,1H3. The van der Waals surface area contributed by atoms with Crippen LogP contribution in [-0.2, 0) is 18.4 Å². The van der Waals surface area contributed by atoms with Gasteiger partial charge in [-0.15, -0.1) is 0 Å². The predicted octanol–water partition coefficient (Wildman–Crippen LogP) is 0.689. The van der Waals surface area contributed by atoms with Gasteiger partial charge in [0.1, 0.15) is 12.4 Å². The molecule has 0 spiro atoms. The van der Waals surface area contributed by atoms with Gasteiger partial charge in [-0.1, -0.05) is 0 Å². The molecule has 78 valence electrons. The van der Waals surface area contributed by atoms with Crippen LogP contribution in [0.3, 0.4) is 0 Å². The lowest BCUT2D eigenvalue weighted by atomic mass is 10.2. The first-order valence-corrected chi connectivity index (χ1v) is 5.13. The average molecular weight is 195 g/mol. The first-order valence-electron chi connectivity index (χ1n) is 5.13. The Morgan fingerprint density at radius 2 is 2.64 bits per heavy atom. The summed E-state index contributed by atoms with van der Waals surface area (Å²) in [6, 6.07) is 0.551. The number of aromatic nitrogens is 2. The summed E-state index contributed by atoms with van der Waals surface area (Å²) in [6.07, 6.45) is 6.25. The van der Waals surface area contributed by atoms with E-state index in [-0.39, 0.29) is 0 Å². The van der Waals surface area contributed by atoms with Crippen molar-refractivity contribution >= 4 is 0 Å². The molecular formula is C10H17N3O. The highest BCUT2D eigenvalue weighted by Crippen LogP contribution is 2.06. The van der Waals surface area contributed by atoms with Gasteiger partial charge in [0, 0.05) is 25.5 Å². The van der Waals surface area contributed by atoms with Crippen molar-refractivity contribution in [3.8, 4) is 0 Å². The molecule has 1 N–H and O–H groups in total. The van der Waals surface area contributed by atoms with Gasteiger partial charge in [-0.05, 0) is 19.4 Å². The summed E-state index contributed by atoms with van der Waals surface area (Å²) in [7, 11) is 1.99. The molecule has 0 saturated carbocycles. The van der Waals surface area contributed by atoms with Crippen LogP contribution in [0, 0.1) is 0 Å². The molecule has 0 bridgehead atoms. The highest BCUT2D eigenvalue weighted by molar-refractivity contribution is 4.88. The zero-order valence-electron chi connectivity index (χ0n) is 8.57. The average Bonchev–Trinajstić information content (AvgIpc) is 2.78. The van der Waals surface area contributed by atoms with E-state index in [0.717, 1.165) is 19.0 Å². The normalized spacial score (nSPS) is 21.6. The van der Waals surface area contributed by atoms with Crippen LogP contribution in [-0.4, -0.2) is 28.7 Å². The Bertz CT molecular complexity index is 279. The second-order valence-electron chi connectivity index (χ2n) is 3.76. The van der Waals surface area contributed by atoms with Crippen LogP contribution < -0.4 is 5.32 Å². The fraction of sp³-hybridized carbons (Fsp3) is 0.700. The monoisotopic (exact) mass is 195 g/mol. The summed E-state index contributed by atoms with van der Waals surface area (Å²) < 4.78 is 7.59. The Labute approximate surface area is 84.3 Å². The number of nitrogens with zero attached hydrogens (tertiary/aromatic N) is 2. The topological polar surface area (TPSA) is 39.1 Å². The number of imidazole rings is 1. The Balaban J connectivity index is 1.70. The predicted molar refractivity (Wildman–Crippen MR) is 53.9 cm³/mol. The minimum Gasteiger partial charge on any atom is -0.372 e. The van der Waals surface area contributed by atoms with Gasteiger partial charge in [0.2, 0.25) is 0 Å². The van der Waals surface area contributed by atoms with E-state index >= 15 is 0 Å². The van der Waals surface area contributed by atoms with Gasteiger partial charge < -0.3 is 14.6 Å². The molecule has 1 aromatic rings. The van der Waals surface area contributed by atoms with Crippen molar-refractivity contribution in [3.05, 3.63) is 18.2 Å². The molecule has 1 saturated heterocycles.